The molecule has 5 heteroatoms. The van der Waals surface area contributed by atoms with Crippen molar-refractivity contribution in [1.82, 2.24) is 19.5 Å². The van der Waals surface area contributed by atoms with Gasteiger partial charge >= 0.3 is 0 Å². The largest absolute Gasteiger partial charge is 0.340 e. The third-order valence-corrected chi connectivity index (χ3v) is 4.66. The molecule has 0 spiro atoms. The molecule has 0 aliphatic heterocycles. The molecular weight excluding hydrogens is 286 g/mol. The number of hydrogen-bond acceptors (Lipinski definition) is 4. The number of fused-ring (bicyclic) bond motifs is 2. The minimum atomic E-state index is 0.836. The fourth-order valence-electron chi connectivity index (χ4n) is 3.36. The number of nitrogens with one attached hydrogen (secondary N) is 1. The third kappa shape index (κ3) is 2.46. The fourth-order valence-corrected chi connectivity index (χ4v) is 3.36. The van der Waals surface area contributed by atoms with Gasteiger partial charge in [0.25, 0.3) is 0 Å². The SMILES string of the molecule is Cc1nc2c(c(Nc3ccc4c(c3)nc(C)n4C)n1)CCCC2. The van der Waals surface area contributed by atoms with Crippen LogP contribution >= 0.6 is 0 Å². The molecule has 0 fully saturated rings. The van der Waals surface area contributed by atoms with E-state index in [0.717, 1.165) is 47.0 Å². The van der Waals surface area contributed by atoms with Gasteiger partial charge in [0, 0.05) is 24.0 Å². The van der Waals surface area contributed by atoms with Crippen LogP contribution < -0.4 is 5.32 Å². The zero-order valence-electron chi connectivity index (χ0n) is 13.8. The van der Waals surface area contributed by atoms with Crippen LogP contribution in [0.2, 0.25) is 0 Å². The van der Waals surface area contributed by atoms with Crippen LogP contribution in [0.3, 0.4) is 0 Å². The van der Waals surface area contributed by atoms with Crippen molar-refractivity contribution < 1.29 is 0 Å². The summed E-state index contributed by atoms with van der Waals surface area (Å²) in [6, 6.07) is 6.29. The molecule has 0 radical (unpaired) electrons. The first kappa shape index (κ1) is 14.2. The van der Waals surface area contributed by atoms with E-state index in [0.29, 0.717) is 0 Å². The summed E-state index contributed by atoms with van der Waals surface area (Å²) in [6.45, 7) is 3.99. The molecule has 2 aromatic heterocycles. The molecule has 4 rings (SSSR count). The molecule has 1 aliphatic rings. The average Bonchev–Trinajstić information content (AvgIpc) is 2.81. The molecular formula is C18H21N5. The van der Waals surface area contributed by atoms with Crippen molar-refractivity contribution in [3.05, 3.63) is 41.1 Å². The molecule has 5 nitrogen and oxygen atoms in total. The zero-order valence-corrected chi connectivity index (χ0v) is 13.8. The van der Waals surface area contributed by atoms with E-state index in [1.165, 1.54) is 24.1 Å². The monoisotopic (exact) mass is 307 g/mol. The highest BCUT2D eigenvalue weighted by Gasteiger charge is 2.17. The maximum Gasteiger partial charge on any atom is 0.137 e. The quantitative estimate of drug-likeness (QED) is 0.786. The Bertz CT molecular complexity index is 894. The number of aromatic nitrogens is 4. The van der Waals surface area contributed by atoms with Gasteiger partial charge in [0.05, 0.1) is 11.0 Å². The van der Waals surface area contributed by atoms with Gasteiger partial charge in [-0.3, -0.25) is 0 Å². The van der Waals surface area contributed by atoms with E-state index >= 15 is 0 Å². The third-order valence-electron chi connectivity index (χ3n) is 4.66. The number of imidazole rings is 1. The second-order valence-electron chi connectivity index (χ2n) is 6.30. The number of aryl methyl sites for hydroxylation is 4. The number of nitrogens with zero attached hydrogens (tertiary/aromatic N) is 4. The van der Waals surface area contributed by atoms with Gasteiger partial charge in [-0.25, -0.2) is 15.0 Å². The molecule has 0 saturated carbocycles. The number of hydrogen-bond donors (Lipinski definition) is 1. The summed E-state index contributed by atoms with van der Waals surface area (Å²) >= 11 is 0. The molecule has 2 heterocycles. The van der Waals surface area contributed by atoms with Crippen molar-refractivity contribution in [1.29, 1.82) is 0 Å². The summed E-state index contributed by atoms with van der Waals surface area (Å²) in [6.07, 6.45) is 4.56. The smallest absolute Gasteiger partial charge is 0.137 e. The molecule has 3 aromatic rings. The molecule has 0 bridgehead atoms. The van der Waals surface area contributed by atoms with Crippen LogP contribution in [0.1, 0.15) is 35.7 Å². The first-order valence-electron chi connectivity index (χ1n) is 8.18. The van der Waals surface area contributed by atoms with Gasteiger partial charge in [-0.2, -0.15) is 0 Å². The van der Waals surface area contributed by atoms with Gasteiger partial charge in [-0.1, -0.05) is 0 Å². The van der Waals surface area contributed by atoms with Gasteiger partial charge < -0.3 is 9.88 Å². The molecule has 23 heavy (non-hydrogen) atoms. The van der Waals surface area contributed by atoms with E-state index < -0.39 is 0 Å². The molecule has 0 unspecified atom stereocenters. The molecule has 1 aromatic carbocycles. The van der Waals surface area contributed by atoms with Crippen molar-refractivity contribution in [2.75, 3.05) is 5.32 Å². The predicted octanol–water partition coefficient (Wildman–Crippen LogP) is 3.60. The highest BCUT2D eigenvalue weighted by Crippen LogP contribution is 2.28. The molecule has 0 amide bonds. The standard InChI is InChI=1S/C18H21N5/c1-11-19-15-7-5-4-6-14(15)18(20-11)22-13-8-9-17-16(10-13)21-12(2)23(17)3/h8-10H,4-7H2,1-3H3,(H,19,20,22). The van der Waals surface area contributed by atoms with Crippen molar-refractivity contribution in [3.8, 4) is 0 Å². The number of rotatable bonds is 2. The Hall–Kier alpha value is -2.43. The van der Waals surface area contributed by atoms with Crippen molar-refractivity contribution >= 4 is 22.5 Å². The van der Waals surface area contributed by atoms with Gasteiger partial charge in [0.15, 0.2) is 0 Å². The number of anilines is 2. The predicted molar refractivity (Wildman–Crippen MR) is 92.1 cm³/mol. The summed E-state index contributed by atoms with van der Waals surface area (Å²) in [5.74, 6) is 2.81. The summed E-state index contributed by atoms with van der Waals surface area (Å²) in [4.78, 5) is 13.9. The lowest BCUT2D eigenvalue weighted by Gasteiger charge is -2.19. The lowest BCUT2D eigenvalue weighted by Crippen LogP contribution is -2.12. The Morgan fingerprint density at radius 3 is 2.74 bits per heavy atom. The van der Waals surface area contributed by atoms with Gasteiger partial charge in [-0.05, 0) is 57.7 Å². The summed E-state index contributed by atoms with van der Waals surface area (Å²) in [5, 5.41) is 3.49. The average molecular weight is 307 g/mol. The van der Waals surface area contributed by atoms with E-state index in [1.54, 1.807) is 0 Å². The topological polar surface area (TPSA) is 55.6 Å². The highest BCUT2D eigenvalue weighted by atomic mass is 15.1. The Kier molecular flexibility index (Phi) is 3.29. The summed E-state index contributed by atoms with van der Waals surface area (Å²) in [5.41, 5.74) is 5.67. The summed E-state index contributed by atoms with van der Waals surface area (Å²) in [7, 11) is 2.04. The van der Waals surface area contributed by atoms with Crippen molar-refractivity contribution in [3.63, 3.8) is 0 Å². The molecule has 0 atom stereocenters. The fraction of sp³-hybridized carbons (Fsp3) is 0.389. The number of benzene rings is 1. The van der Waals surface area contributed by atoms with E-state index in [9.17, 15) is 0 Å². The van der Waals surface area contributed by atoms with Gasteiger partial charge in [0.2, 0.25) is 0 Å². The maximum atomic E-state index is 4.64. The maximum absolute atomic E-state index is 4.64. The van der Waals surface area contributed by atoms with Crippen LogP contribution in [0.5, 0.6) is 0 Å². The molecule has 1 N–H and O–H groups in total. The van der Waals surface area contributed by atoms with Crippen molar-refractivity contribution in [2.24, 2.45) is 7.05 Å². The lowest BCUT2D eigenvalue weighted by molar-refractivity contribution is 0.660. The second-order valence-corrected chi connectivity index (χ2v) is 6.30. The van der Waals surface area contributed by atoms with Crippen molar-refractivity contribution in [2.45, 2.75) is 39.5 Å². The van der Waals surface area contributed by atoms with Crippen LogP contribution in [-0.4, -0.2) is 19.5 Å². The van der Waals surface area contributed by atoms with Crippen LogP contribution in [0.25, 0.3) is 11.0 Å². The Balaban J connectivity index is 1.74. The highest BCUT2D eigenvalue weighted by molar-refractivity contribution is 5.81. The van der Waals surface area contributed by atoms with Gasteiger partial charge in [-0.15, -0.1) is 0 Å². The van der Waals surface area contributed by atoms with E-state index in [2.05, 4.69) is 43.0 Å². The Morgan fingerprint density at radius 1 is 1.04 bits per heavy atom. The zero-order chi connectivity index (χ0) is 16.0. The Morgan fingerprint density at radius 2 is 1.87 bits per heavy atom. The normalized spacial score (nSPS) is 14.0. The van der Waals surface area contributed by atoms with Crippen LogP contribution in [0.15, 0.2) is 18.2 Å². The first-order chi connectivity index (χ1) is 11.1. The first-order valence-corrected chi connectivity index (χ1v) is 8.18. The van der Waals surface area contributed by atoms with E-state index in [1.807, 2.05) is 20.9 Å². The molecule has 1 aliphatic carbocycles. The van der Waals surface area contributed by atoms with E-state index in [4.69, 9.17) is 0 Å². The minimum absolute atomic E-state index is 0.836. The minimum Gasteiger partial charge on any atom is -0.340 e. The van der Waals surface area contributed by atoms with Gasteiger partial charge in [0.1, 0.15) is 17.5 Å². The van der Waals surface area contributed by atoms with Crippen LogP contribution in [0, 0.1) is 13.8 Å². The molecule has 0 saturated heterocycles. The second kappa shape index (κ2) is 5.33. The lowest BCUT2D eigenvalue weighted by atomic mass is 9.96. The van der Waals surface area contributed by atoms with Crippen LogP contribution in [0.4, 0.5) is 11.5 Å². The molecule has 118 valence electrons. The van der Waals surface area contributed by atoms with Crippen LogP contribution in [-0.2, 0) is 19.9 Å². The van der Waals surface area contributed by atoms with E-state index in [-0.39, 0.29) is 0 Å². The Labute approximate surface area is 135 Å². The summed E-state index contributed by atoms with van der Waals surface area (Å²) < 4.78 is 2.11.